The molecule has 0 atom stereocenters. The highest BCUT2D eigenvalue weighted by molar-refractivity contribution is 7.90. The van der Waals surface area contributed by atoms with E-state index in [9.17, 15) is 12.8 Å². The number of halogens is 2. The summed E-state index contributed by atoms with van der Waals surface area (Å²) in [6, 6.07) is 22.4. The van der Waals surface area contributed by atoms with Gasteiger partial charge in [-0.25, -0.2) is 12.8 Å². The maximum absolute atomic E-state index is 13.6. The molecule has 0 saturated heterocycles. The van der Waals surface area contributed by atoms with Crippen molar-refractivity contribution in [2.75, 3.05) is 12.9 Å². The second kappa shape index (κ2) is 9.41. The standard InChI is InChI=1S/C26H23ClFNO3S/c1-18-20(14-15-32-24-5-3-4-21(27)17-24)16-26(29(18)23-10-8-22(28)9-11-23)19-6-12-25(13-7-19)33(2,30)31/h3-13,16-17H,14-15H2,1-2H3. The quantitative estimate of drug-likeness (QED) is 0.311. The van der Waals surface area contributed by atoms with E-state index in [1.54, 1.807) is 48.5 Å². The van der Waals surface area contributed by atoms with Gasteiger partial charge in [-0.05, 0) is 78.7 Å². The zero-order valence-corrected chi connectivity index (χ0v) is 19.8. The highest BCUT2D eigenvalue weighted by atomic mass is 35.5. The van der Waals surface area contributed by atoms with E-state index < -0.39 is 9.84 Å². The molecule has 4 aromatic rings. The van der Waals surface area contributed by atoms with Gasteiger partial charge in [-0.2, -0.15) is 0 Å². The number of hydrogen-bond acceptors (Lipinski definition) is 3. The van der Waals surface area contributed by atoms with Crippen molar-refractivity contribution in [2.45, 2.75) is 18.2 Å². The molecule has 4 rings (SSSR count). The van der Waals surface area contributed by atoms with E-state index in [2.05, 4.69) is 6.07 Å². The number of benzene rings is 3. The van der Waals surface area contributed by atoms with Crippen molar-refractivity contribution in [2.24, 2.45) is 0 Å². The van der Waals surface area contributed by atoms with Crippen LogP contribution in [-0.4, -0.2) is 25.8 Å². The molecule has 0 aliphatic rings. The van der Waals surface area contributed by atoms with Crippen molar-refractivity contribution in [1.82, 2.24) is 4.57 Å². The minimum Gasteiger partial charge on any atom is -0.493 e. The molecule has 7 heteroatoms. The predicted molar refractivity (Wildman–Crippen MR) is 130 cm³/mol. The van der Waals surface area contributed by atoms with Crippen LogP contribution >= 0.6 is 11.6 Å². The molecule has 0 unspecified atom stereocenters. The van der Waals surface area contributed by atoms with Crippen molar-refractivity contribution in [3.05, 3.63) is 101 Å². The zero-order valence-electron chi connectivity index (χ0n) is 18.3. The lowest BCUT2D eigenvalue weighted by Gasteiger charge is -2.13. The molecular formula is C26H23ClFNO3S. The molecule has 1 aromatic heterocycles. The zero-order chi connectivity index (χ0) is 23.6. The van der Waals surface area contributed by atoms with Crippen LogP contribution in [0.2, 0.25) is 5.02 Å². The van der Waals surface area contributed by atoms with Gasteiger partial charge in [0.05, 0.1) is 17.2 Å². The summed E-state index contributed by atoms with van der Waals surface area (Å²) in [4.78, 5) is 0.262. The lowest BCUT2D eigenvalue weighted by molar-refractivity contribution is 0.321. The van der Waals surface area contributed by atoms with E-state index in [-0.39, 0.29) is 10.7 Å². The molecule has 0 amide bonds. The van der Waals surface area contributed by atoms with Crippen molar-refractivity contribution in [3.8, 4) is 22.7 Å². The van der Waals surface area contributed by atoms with Crippen LogP contribution in [-0.2, 0) is 16.3 Å². The van der Waals surface area contributed by atoms with Gasteiger partial charge in [-0.1, -0.05) is 29.8 Å². The molecule has 1 heterocycles. The van der Waals surface area contributed by atoms with E-state index >= 15 is 0 Å². The van der Waals surface area contributed by atoms with Gasteiger partial charge in [-0.15, -0.1) is 0 Å². The predicted octanol–water partition coefficient (Wildman–Crippen LogP) is 6.27. The van der Waals surface area contributed by atoms with E-state index in [0.717, 1.165) is 28.2 Å². The molecule has 0 aliphatic heterocycles. The second-order valence-electron chi connectivity index (χ2n) is 7.80. The molecule has 0 spiro atoms. The van der Waals surface area contributed by atoms with Gasteiger partial charge in [0, 0.05) is 29.1 Å². The first kappa shape index (κ1) is 23.1. The van der Waals surface area contributed by atoms with Gasteiger partial charge in [0.15, 0.2) is 9.84 Å². The minimum absolute atomic E-state index is 0.262. The monoisotopic (exact) mass is 483 g/mol. The smallest absolute Gasteiger partial charge is 0.175 e. The SMILES string of the molecule is Cc1c(CCOc2cccc(Cl)c2)cc(-c2ccc(S(C)(=O)=O)cc2)n1-c1ccc(F)cc1. The van der Waals surface area contributed by atoms with Crippen LogP contribution < -0.4 is 4.74 Å². The Morgan fingerprint density at radius 1 is 0.970 bits per heavy atom. The molecule has 33 heavy (non-hydrogen) atoms. The normalized spacial score (nSPS) is 11.5. The summed E-state index contributed by atoms with van der Waals surface area (Å²) in [6.07, 6.45) is 1.84. The summed E-state index contributed by atoms with van der Waals surface area (Å²) in [5, 5.41) is 0.617. The van der Waals surface area contributed by atoms with Gasteiger partial charge in [0.25, 0.3) is 0 Å². The maximum Gasteiger partial charge on any atom is 0.175 e. The topological polar surface area (TPSA) is 48.3 Å². The molecule has 0 radical (unpaired) electrons. The number of ether oxygens (including phenoxy) is 1. The highest BCUT2D eigenvalue weighted by Gasteiger charge is 2.16. The summed E-state index contributed by atoms with van der Waals surface area (Å²) in [7, 11) is -3.29. The Bertz CT molecular complexity index is 1380. The van der Waals surface area contributed by atoms with Crippen molar-refractivity contribution >= 4 is 21.4 Å². The van der Waals surface area contributed by atoms with E-state index in [4.69, 9.17) is 16.3 Å². The number of aromatic nitrogens is 1. The van der Waals surface area contributed by atoms with Gasteiger partial charge in [0.1, 0.15) is 11.6 Å². The third kappa shape index (κ3) is 5.29. The molecule has 0 N–H and O–H groups in total. The van der Waals surface area contributed by atoms with Crippen LogP contribution in [0.15, 0.2) is 83.8 Å². The fourth-order valence-corrected chi connectivity index (χ4v) is 4.57. The Labute approximate surface area is 198 Å². The lowest BCUT2D eigenvalue weighted by Crippen LogP contribution is -2.04. The van der Waals surface area contributed by atoms with Crippen LogP contribution in [0.25, 0.3) is 16.9 Å². The first-order valence-corrected chi connectivity index (χ1v) is 12.7. The third-order valence-corrected chi connectivity index (χ3v) is 6.81. The number of sulfone groups is 1. The maximum atomic E-state index is 13.6. The van der Waals surface area contributed by atoms with Crippen LogP contribution in [0.4, 0.5) is 4.39 Å². The second-order valence-corrected chi connectivity index (χ2v) is 10.3. The third-order valence-electron chi connectivity index (χ3n) is 5.45. The number of rotatable bonds is 7. The molecular weight excluding hydrogens is 461 g/mol. The molecule has 170 valence electrons. The largest absolute Gasteiger partial charge is 0.493 e. The Balaban J connectivity index is 1.69. The fourth-order valence-electron chi connectivity index (χ4n) is 3.76. The molecule has 0 aliphatic carbocycles. The summed E-state index contributed by atoms with van der Waals surface area (Å²) in [5.74, 6) is 0.396. The minimum atomic E-state index is -3.29. The van der Waals surface area contributed by atoms with Gasteiger partial charge >= 0.3 is 0 Å². The first-order chi connectivity index (χ1) is 15.7. The number of nitrogens with zero attached hydrogens (tertiary/aromatic N) is 1. The fraction of sp³-hybridized carbons (Fsp3) is 0.154. The van der Waals surface area contributed by atoms with Crippen molar-refractivity contribution in [1.29, 1.82) is 0 Å². The average molecular weight is 484 g/mol. The summed E-state index contributed by atoms with van der Waals surface area (Å²) in [6.45, 7) is 2.47. The average Bonchev–Trinajstić information content (AvgIpc) is 3.10. The van der Waals surface area contributed by atoms with Gasteiger partial charge < -0.3 is 9.30 Å². The Morgan fingerprint density at radius 2 is 1.67 bits per heavy atom. The van der Waals surface area contributed by atoms with E-state index in [0.29, 0.717) is 23.8 Å². The van der Waals surface area contributed by atoms with Crippen LogP contribution in [0.1, 0.15) is 11.3 Å². The highest BCUT2D eigenvalue weighted by Crippen LogP contribution is 2.31. The molecule has 0 fully saturated rings. The van der Waals surface area contributed by atoms with Crippen LogP contribution in [0.3, 0.4) is 0 Å². The lowest BCUT2D eigenvalue weighted by atomic mass is 10.1. The van der Waals surface area contributed by atoms with Crippen molar-refractivity contribution in [3.63, 3.8) is 0 Å². The van der Waals surface area contributed by atoms with Crippen molar-refractivity contribution < 1.29 is 17.5 Å². The Hall–Kier alpha value is -3.09. The van der Waals surface area contributed by atoms with Crippen LogP contribution in [0, 0.1) is 12.7 Å². The summed E-state index contributed by atoms with van der Waals surface area (Å²) < 4.78 is 45.2. The molecule has 3 aromatic carbocycles. The van der Waals surface area contributed by atoms with Crippen LogP contribution in [0.5, 0.6) is 5.75 Å². The Morgan fingerprint density at radius 3 is 2.30 bits per heavy atom. The number of hydrogen-bond donors (Lipinski definition) is 0. The Kier molecular flexibility index (Phi) is 6.58. The van der Waals surface area contributed by atoms with E-state index in [1.165, 1.54) is 18.4 Å². The van der Waals surface area contributed by atoms with E-state index in [1.807, 2.05) is 23.6 Å². The molecule has 4 nitrogen and oxygen atoms in total. The van der Waals surface area contributed by atoms with Gasteiger partial charge in [0.2, 0.25) is 0 Å². The van der Waals surface area contributed by atoms with Gasteiger partial charge in [-0.3, -0.25) is 0 Å². The summed E-state index contributed by atoms with van der Waals surface area (Å²) in [5.41, 5.74) is 4.63. The molecule has 0 saturated carbocycles. The first-order valence-electron chi connectivity index (χ1n) is 10.4. The summed E-state index contributed by atoms with van der Waals surface area (Å²) >= 11 is 6.03. The molecule has 0 bridgehead atoms.